The van der Waals surface area contributed by atoms with Gasteiger partial charge in [0.1, 0.15) is 12.1 Å². The number of rotatable bonds is 2. The Morgan fingerprint density at radius 3 is 2.94 bits per heavy atom. The number of carbonyl (C=O) groups excluding carboxylic acids is 1. The van der Waals surface area contributed by atoms with E-state index in [0.717, 1.165) is 0 Å². The molecule has 0 fully saturated rings. The molecule has 0 radical (unpaired) electrons. The highest BCUT2D eigenvalue weighted by atomic mass is 35.5. The molecule has 2 aromatic rings. The number of nitrogens with zero attached hydrogens (tertiary/aromatic N) is 5. The van der Waals surface area contributed by atoms with Gasteiger partial charge in [0, 0.05) is 20.2 Å². The molecule has 0 bridgehead atoms. The van der Waals surface area contributed by atoms with Crippen LogP contribution in [0.25, 0.3) is 11.2 Å². The van der Waals surface area contributed by atoms with Crippen LogP contribution in [0.3, 0.4) is 0 Å². The summed E-state index contributed by atoms with van der Waals surface area (Å²) in [6, 6.07) is 1.61. The van der Waals surface area contributed by atoms with E-state index in [4.69, 9.17) is 11.6 Å². The maximum absolute atomic E-state index is 11.5. The van der Waals surface area contributed by atoms with Crippen LogP contribution >= 0.6 is 11.6 Å². The van der Waals surface area contributed by atoms with Crippen LogP contribution in [-0.4, -0.2) is 44.7 Å². The minimum Gasteiger partial charge on any atom is -0.347 e. The molecule has 7 heteroatoms. The lowest BCUT2D eigenvalue weighted by atomic mass is 10.5. The van der Waals surface area contributed by atoms with Crippen molar-refractivity contribution in [3.8, 4) is 0 Å². The third kappa shape index (κ3) is 1.96. The van der Waals surface area contributed by atoms with E-state index in [1.165, 1.54) is 4.90 Å². The molecule has 0 N–H and O–H groups in total. The van der Waals surface area contributed by atoms with Gasteiger partial charge < -0.3 is 9.47 Å². The molecule has 0 aliphatic rings. The highest BCUT2D eigenvalue weighted by molar-refractivity contribution is 6.29. The zero-order chi connectivity index (χ0) is 11.7. The summed E-state index contributed by atoms with van der Waals surface area (Å²) in [4.78, 5) is 17.1. The van der Waals surface area contributed by atoms with Crippen LogP contribution in [-0.2, 0) is 11.3 Å². The molecule has 2 aromatic heterocycles. The number of likely N-dealkylation sites (N-methyl/N-ethyl adjacent to an activating group) is 1. The van der Waals surface area contributed by atoms with E-state index in [-0.39, 0.29) is 17.6 Å². The monoisotopic (exact) mass is 239 g/mol. The molecule has 0 spiro atoms. The van der Waals surface area contributed by atoms with E-state index < -0.39 is 0 Å². The molecule has 16 heavy (non-hydrogen) atoms. The first-order valence-corrected chi connectivity index (χ1v) is 5.00. The molecule has 0 unspecified atom stereocenters. The summed E-state index contributed by atoms with van der Waals surface area (Å²) in [6.45, 7) is 0.194. The average molecular weight is 240 g/mol. The maximum atomic E-state index is 11.5. The summed E-state index contributed by atoms with van der Waals surface area (Å²) in [5.74, 6) is -0.0314. The first-order chi connectivity index (χ1) is 7.58. The average Bonchev–Trinajstić information content (AvgIpc) is 2.60. The highest BCUT2D eigenvalue weighted by Gasteiger charge is 2.10. The van der Waals surface area contributed by atoms with Gasteiger partial charge in [0.05, 0.1) is 6.33 Å². The molecule has 0 aliphatic carbocycles. The van der Waals surface area contributed by atoms with Crippen LogP contribution in [0.15, 0.2) is 12.4 Å². The summed E-state index contributed by atoms with van der Waals surface area (Å²) in [6.07, 6.45) is 1.55. The Kier molecular flexibility index (Phi) is 2.74. The van der Waals surface area contributed by atoms with Crippen molar-refractivity contribution in [3.63, 3.8) is 0 Å². The van der Waals surface area contributed by atoms with Crippen LogP contribution in [0.2, 0.25) is 5.15 Å². The lowest BCUT2D eigenvalue weighted by molar-refractivity contribution is -0.129. The summed E-state index contributed by atoms with van der Waals surface area (Å²) >= 11 is 5.69. The van der Waals surface area contributed by atoms with E-state index in [2.05, 4.69) is 15.2 Å². The quantitative estimate of drug-likeness (QED) is 0.769. The van der Waals surface area contributed by atoms with Crippen molar-refractivity contribution in [1.29, 1.82) is 0 Å². The smallest absolute Gasteiger partial charge is 0.242 e. The number of aromatic nitrogens is 4. The van der Waals surface area contributed by atoms with Crippen LogP contribution in [0.1, 0.15) is 0 Å². The highest BCUT2D eigenvalue weighted by Crippen LogP contribution is 2.12. The van der Waals surface area contributed by atoms with Crippen molar-refractivity contribution in [1.82, 2.24) is 24.6 Å². The number of amides is 1. The molecule has 2 heterocycles. The van der Waals surface area contributed by atoms with Crippen molar-refractivity contribution in [2.45, 2.75) is 6.54 Å². The molecule has 0 atom stereocenters. The largest absolute Gasteiger partial charge is 0.347 e. The molecule has 0 saturated heterocycles. The lowest BCUT2D eigenvalue weighted by Crippen LogP contribution is -2.26. The number of fused-ring (bicyclic) bond motifs is 1. The van der Waals surface area contributed by atoms with Gasteiger partial charge in [0.15, 0.2) is 10.8 Å². The van der Waals surface area contributed by atoms with E-state index in [9.17, 15) is 4.79 Å². The second kappa shape index (κ2) is 4.05. The number of imidazole rings is 1. The maximum Gasteiger partial charge on any atom is 0.242 e. The predicted octanol–water partition coefficient (Wildman–Crippen LogP) is 0.568. The standard InChI is InChI=1S/C9H10ClN5O/c1-14(2)8(16)4-15-5-11-6-3-7(10)12-13-9(6)15/h3,5H,4H2,1-2H3. The van der Waals surface area contributed by atoms with Gasteiger partial charge in [-0.3, -0.25) is 4.79 Å². The van der Waals surface area contributed by atoms with E-state index in [1.807, 2.05) is 0 Å². The van der Waals surface area contributed by atoms with Gasteiger partial charge in [-0.15, -0.1) is 10.2 Å². The third-order valence-electron chi connectivity index (χ3n) is 2.14. The Morgan fingerprint density at radius 2 is 2.25 bits per heavy atom. The van der Waals surface area contributed by atoms with Gasteiger partial charge >= 0.3 is 0 Å². The zero-order valence-corrected chi connectivity index (χ0v) is 9.64. The minimum atomic E-state index is -0.0314. The Balaban J connectivity index is 2.35. The molecule has 2 rings (SSSR count). The van der Waals surface area contributed by atoms with Crippen LogP contribution in [0, 0.1) is 0 Å². The van der Waals surface area contributed by atoms with Crippen molar-refractivity contribution in [3.05, 3.63) is 17.5 Å². The van der Waals surface area contributed by atoms with Crippen LogP contribution in [0.4, 0.5) is 0 Å². The summed E-state index contributed by atoms with van der Waals surface area (Å²) in [7, 11) is 3.40. The van der Waals surface area contributed by atoms with Gasteiger partial charge in [0.25, 0.3) is 0 Å². The van der Waals surface area contributed by atoms with E-state index in [1.54, 1.807) is 31.1 Å². The van der Waals surface area contributed by atoms with Crippen molar-refractivity contribution in [2.75, 3.05) is 14.1 Å². The van der Waals surface area contributed by atoms with Crippen molar-refractivity contribution >= 4 is 28.7 Å². The van der Waals surface area contributed by atoms with Crippen molar-refractivity contribution in [2.24, 2.45) is 0 Å². The molecule has 1 amide bonds. The number of carbonyl (C=O) groups is 1. The zero-order valence-electron chi connectivity index (χ0n) is 8.88. The fourth-order valence-corrected chi connectivity index (χ4v) is 1.38. The minimum absolute atomic E-state index is 0.0314. The SMILES string of the molecule is CN(C)C(=O)Cn1cnc2cc(Cl)nnc21. The molecule has 6 nitrogen and oxygen atoms in total. The summed E-state index contributed by atoms with van der Waals surface area (Å²) in [5.41, 5.74) is 1.19. The topological polar surface area (TPSA) is 63.9 Å². The van der Waals surface area contributed by atoms with E-state index in [0.29, 0.717) is 11.2 Å². The third-order valence-corrected chi connectivity index (χ3v) is 2.32. The molecular formula is C9H10ClN5O. The number of halogens is 1. The predicted molar refractivity (Wildman–Crippen MR) is 59.0 cm³/mol. The van der Waals surface area contributed by atoms with Gasteiger partial charge in [-0.05, 0) is 0 Å². The summed E-state index contributed by atoms with van der Waals surface area (Å²) < 4.78 is 1.64. The molecule has 0 saturated carbocycles. The fraction of sp³-hybridized carbons (Fsp3) is 0.333. The second-order valence-corrected chi connectivity index (χ2v) is 3.92. The molecular weight excluding hydrogens is 230 g/mol. The first-order valence-electron chi connectivity index (χ1n) is 4.62. The summed E-state index contributed by atoms with van der Waals surface area (Å²) in [5, 5.41) is 7.91. The Labute approximate surface area is 96.8 Å². The van der Waals surface area contributed by atoms with Crippen LogP contribution in [0.5, 0.6) is 0 Å². The molecule has 84 valence electrons. The number of hydrogen-bond acceptors (Lipinski definition) is 4. The normalized spacial score (nSPS) is 10.7. The fourth-order valence-electron chi connectivity index (χ4n) is 1.24. The van der Waals surface area contributed by atoms with Crippen LogP contribution < -0.4 is 0 Å². The van der Waals surface area contributed by atoms with Gasteiger partial charge in [-0.2, -0.15) is 0 Å². The lowest BCUT2D eigenvalue weighted by Gasteiger charge is -2.10. The van der Waals surface area contributed by atoms with Gasteiger partial charge in [-0.25, -0.2) is 4.98 Å². The van der Waals surface area contributed by atoms with E-state index >= 15 is 0 Å². The Bertz CT molecular complexity index is 536. The van der Waals surface area contributed by atoms with Crippen molar-refractivity contribution < 1.29 is 4.79 Å². The first kappa shape index (κ1) is 10.8. The molecule has 0 aromatic carbocycles. The Hall–Kier alpha value is -1.69. The second-order valence-electron chi connectivity index (χ2n) is 3.54. The number of hydrogen-bond donors (Lipinski definition) is 0. The van der Waals surface area contributed by atoms with Gasteiger partial charge in [-0.1, -0.05) is 11.6 Å². The Morgan fingerprint density at radius 1 is 1.50 bits per heavy atom. The van der Waals surface area contributed by atoms with Gasteiger partial charge in [0.2, 0.25) is 5.91 Å². The molecule has 0 aliphatic heterocycles.